The maximum Gasteiger partial charge on any atom is 0.313 e. The van der Waals surface area contributed by atoms with Gasteiger partial charge in [-0.15, -0.1) is 0 Å². The highest BCUT2D eigenvalue weighted by Gasteiger charge is 2.16. The van der Waals surface area contributed by atoms with Crippen molar-refractivity contribution in [2.24, 2.45) is 0 Å². The molecule has 1 unspecified atom stereocenters. The molecule has 1 aromatic carbocycles. The van der Waals surface area contributed by atoms with Crippen LogP contribution >= 0.6 is 0 Å². The van der Waals surface area contributed by atoms with E-state index in [1.807, 2.05) is 18.2 Å². The number of para-hydroxylation sites is 1. The van der Waals surface area contributed by atoms with Gasteiger partial charge in [0.25, 0.3) is 0 Å². The smallest absolute Gasteiger partial charge is 0.313 e. The standard InChI is InChI=1S/C16H23N3O3/c1-3-12(2)13-7-4-5-8-14(13)19-16(22)15(21)18-10-6-9-17-11-20/h4-5,7-8,11-12H,3,6,9-10H2,1-2H3,(H,17,20)(H,18,21)(H,19,22). The third-order valence-corrected chi connectivity index (χ3v) is 3.43. The van der Waals surface area contributed by atoms with Gasteiger partial charge in [-0.05, 0) is 30.4 Å². The van der Waals surface area contributed by atoms with Crippen LogP contribution in [-0.4, -0.2) is 31.3 Å². The van der Waals surface area contributed by atoms with Gasteiger partial charge >= 0.3 is 11.8 Å². The Bertz CT molecular complexity index is 517. The van der Waals surface area contributed by atoms with Gasteiger partial charge in [-0.3, -0.25) is 14.4 Å². The Morgan fingerprint density at radius 1 is 1.18 bits per heavy atom. The molecule has 22 heavy (non-hydrogen) atoms. The maximum absolute atomic E-state index is 11.9. The summed E-state index contributed by atoms with van der Waals surface area (Å²) < 4.78 is 0. The molecule has 0 fully saturated rings. The molecule has 1 rings (SSSR count). The topological polar surface area (TPSA) is 87.3 Å². The van der Waals surface area contributed by atoms with Gasteiger partial charge in [-0.2, -0.15) is 0 Å². The zero-order chi connectivity index (χ0) is 16.4. The SMILES string of the molecule is CCC(C)c1ccccc1NC(=O)C(=O)NCCCNC=O. The molecule has 0 spiro atoms. The van der Waals surface area contributed by atoms with E-state index >= 15 is 0 Å². The first-order chi connectivity index (χ1) is 10.6. The van der Waals surface area contributed by atoms with Crippen LogP contribution in [0.15, 0.2) is 24.3 Å². The zero-order valence-electron chi connectivity index (χ0n) is 13.0. The first kappa shape index (κ1) is 17.7. The fourth-order valence-corrected chi connectivity index (χ4v) is 1.97. The van der Waals surface area contributed by atoms with E-state index in [2.05, 4.69) is 29.8 Å². The molecule has 0 aliphatic carbocycles. The fraction of sp³-hybridized carbons (Fsp3) is 0.438. The quantitative estimate of drug-likeness (QED) is 0.385. The van der Waals surface area contributed by atoms with Gasteiger partial charge in [-0.1, -0.05) is 32.0 Å². The number of nitrogens with one attached hydrogen (secondary N) is 3. The second-order valence-electron chi connectivity index (χ2n) is 5.03. The van der Waals surface area contributed by atoms with Gasteiger partial charge in [0.15, 0.2) is 0 Å². The van der Waals surface area contributed by atoms with Crippen molar-refractivity contribution in [2.45, 2.75) is 32.6 Å². The molecule has 6 heteroatoms. The van der Waals surface area contributed by atoms with Crippen LogP contribution in [0.5, 0.6) is 0 Å². The number of hydrogen-bond acceptors (Lipinski definition) is 3. The maximum atomic E-state index is 11.9. The predicted molar refractivity (Wildman–Crippen MR) is 85.5 cm³/mol. The highest BCUT2D eigenvalue weighted by Crippen LogP contribution is 2.26. The summed E-state index contributed by atoms with van der Waals surface area (Å²) in [5, 5.41) is 7.66. The molecular formula is C16H23N3O3. The molecule has 0 aromatic heterocycles. The lowest BCUT2D eigenvalue weighted by Gasteiger charge is -2.15. The van der Waals surface area contributed by atoms with Crippen LogP contribution < -0.4 is 16.0 Å². The van der Waals surface area contributed by atoms with Crippen LogP contribution in [-0.2, 0) is 14.4 Å². The van der Waals surface area contributed by atoms with Crippen molar-refractivity contribution >= 4 is 23.9 Å². The van der Waals surface area contributed by atoms with Crippen molar-refractivity contribution in [3.05, 3.63) is 29.8 Å². The Morgan fingerprint density at radius 2 is 1.91 bits per heavy atom. The van der Waals surface area contributed by atoms with E-state index in [0.717, 1.165) is 12.0 Å². The van der Waals surface area contributed by atoms with Crippen LogP contribution in [0.3, 0.4) is 0 Å². The summed E-state index contributed by atoms with van der Waals surface area (Å²) in [6.07, 6.45) is 2.12. The Balaban J connectivity index is 2.54. The van der Waals surface area contributed by atoms with Crippen molar-refractivity contribution in [3.8, 4) is 0 Å². The summed E-state index contributed by atoms with van der Waals surface area (Å²) in [6.45, 7) is 4.94. The van der Waals surface area contributed by atoms with Crippen molar-refractivity contribution in [1.29, 1.82) is 0 Å². The van der Waals surface area contributed by atoms with E-state index in [4.69, 9.17) is 0 Å². The average molecular weight is 305 g/mol. The molecule has 0 heterocycles. The van der Waals surface area contributed by atoms with Crippen molar-refractivity contribution in [2.75, 3.05) is 18.4 Å². The molecule has 6 nitrogen and oxygen atoms in total. The molecule has 0 bridgehead atoms. The number of hydrogen-bond donors (Lipinski definition) is 3. The summed E-state index contributed by atoms with van der Waals surface area (Å²) in [4.78, 5) is 33.7. The van der Waals surface area contributed by atoms with Crippen LogP contribution in [0.1, 0.15) is 38.2 Å². The van der Waals surface area contributed by atoms with Crippen LogP contribution in [0.2, 0.25) is 0 Å². The molecule has 3 N–H and O–H groups in total. The zero-order valence-corrected chi connectivity index (χ0v) is 13.0. The third-order valence-electron chi connectivity index (χ3n) is 3.43. The van der Waals surface area contributed by atoms with Gasteiger partial charge in [0.2, 0.25) is 6.41 Å². The third kappa shape index (κ3) is 5.55. The first-order valence-corrected chi connectivity index (χ1v) is 7.45. The van der Waals surface area contributed by atoms with E-state index in [9.17, 15) is 14.4 Å². The van der Waals surface area contributed by atoms with Crippen LogP contribution in [0.25, 0.3) is 0 Å². The van der Waals surface area contributed by atoms with E-state index in [1.165, 1.54) is 0 Å². The normalized spacial score (nSPS) is 11.4. The molecule has 3 amide bonds. The van der Waals surface area contributed by atoms with Gasteiger partial charge in [0.05, 0.1) is 0 Å². The highest BCUT2D eigenvalue weighted by atomic mass is 16.2. The lowest BCUT2D eigenvalue weighted by Crippen LogP contribution is -2.36. The molecule has 0 aliphatic rings. The number of anilines is 1. The van der Waals surface area contributed by atoms with E-state index in [1.54, 1.807) is 6.07 Å². The van der Waals surface area contributed by atoms with Gasteiger partial charge in [0, 0.05) is 18.8 Å². The monoisotopic (exact) mass is 305 g/mol. The van der Waals surface area contributed by atoms with Crippen molar-refractivity contribution < 1.29 is 14.4 Å². The molecule has 0 radical (unpaired) electrons. The lowest BCUT2D eigenvalue weighted by molar-refractivity contribution is -0.136. The molecule has 0 aliphatic heterocycles. The minimum Gasteiger partial charge on any atom is -0.359 e. The number of benzene rings is 1. The molecule has 0 saturated heterocycles. The lowest BCUT2D eigenvalue weighted by atomic mass is 9.97. The second-order valence-corrected chi connectivity index (χ2v) is 5.03. The second kappa shape index (κ2) is 9.55. The summed E-state index contributed by atoms with van der Waals surface area (Å²) >= 11 is 0. The van der Waals surface area contributed by atoms with Gasteiger partial charge < -0.3 is 16.0 Å². The summed E-state index contributed by atoms with van der Waals surface area (Å²) in [6, 6.07) is 7.48. The number of rotatable bonds is 8. The van der Waals surface area contributed by atoms with Crippen molar-refractivity contribution in [1.82, 2.24) is 10.6 Å². The van der Waals surface area contributed by atoms with E-state index < -0.39 is 11.8 Å². The Labute approximate surface area is 130 Å². The number of amides is 3. The summed E-state index contributed by atoms with van der Waals surface area (Å²) in [5.74, 6) is -1.06. The van der Waals surface area contributed by atoms with Crippen LogP contribution in [0.4, 0.5) is 5.69 Å². The molecular weight excluding hydrogens is 282 g/mol. The largest absolute Gasteiger partial charge is 0.359 e. The summed E-state index contributed by atoms with van der Waals surface area (Å²) in [5.41, 5.74) is 1.68. The fourth-order valence-electron chi connectivity index (χ4n) is 1.97. The summed E-state index contributed by atoms with van der Waals surface area (Å²) in [7, 11) is 0. The minimum absolute atomic E-state index is 0.300. The number of carbonyl (C=O) groups is 3. The molecule has 120 valence electrons. The Kier molecular flexibility index (Phi) is 7.67. The minimum atomic E-state index is -0.681. The molecule has 1 aromatic rings. The van der Waals surface area contributed by atoms with E-state index in [-0.39, 0.29) is 0 Å². The van der Waals surface area contributed by atoms with Gasteiger partial charge in [0.1, 0.15) is 0 Å². The predicted octanol–water partition coefficient (Wildman–Crippen LogP) is 1.39. The molecule has 0 saturated carbocycles. The van der Waals surface area contributed by atoms with Crippen LogP contribution in [0, 0.1) is 0 Å². The Hall–Kier alpha value is -2.37. The highest BCUT2D eigenvalue weighted by molar-refractivity contribution is 6.39. The van der Waals surface area contributed by atoms with E-state index in [0.29, 0.717) is 37.5 Å². The van der Waals surface area contributed by atoms with Crippen molar-refractivity contribution in [3.63, 3.8) is 0 Å². The Morgan fingerprint density at radius 3 is 2.59 bits per heavy atom. The average Bonchev–Trinajstić information content (AvgIpc) is 2.54. The molecule has 1 atom stereocenters. The number of carbonyl (C=O) groups excluding carboxylic acids is 3. The first-order valence-electron chi connectivity index (χ1n) is 7.45. The van der Waals surface area contributed by atoms with Gasteiger partial charge in [-0.25, -0.2) is 0 Å².